The minimum absolute atomic E-state index is 0.0692. The first-order valence-electron chi connectivity index (χ1n) is 4.39. The molecule has 5 heteroatoms. The summed E-state index contributed by atoms with van der Waals surface area (Å²) in [5.74, 6) is -1.10. The molecule has 0 saturated carbocycles. The van der Waals surface area contributed by atoms with Crippen LogP contribution in [0.1, 0.15) is 18.1 Å². The lowest BCUT2D eigenvalue weighted by molar-refractivity contribution is -0.137. The minimum Gasteiger partial charge on any atom is -0.478 e. The standard InChI is InChI=1S/C11H9F3O2/c1-7(10(15)16)6-8-2-4-9(5-3-8)11(12,13)14/h2-6H,1H3,(H,15,16)/b7-6+. The second-order valence-electron chi connectivity index (χ2n) is 3.25. The van der Waals surface area contributed by atoms with E-state index in [-0.39, 0.29) is 5.57 Å². The van der Waals surface area contributed by atoms with Gasteiger partial charge in [-0.05, 0) is 30.7 Å². The van der Waals surface area contributed by atoms with Gasteiger partial charge in [0.2, 0.25) is 0 Å². The Bertz CT molecular complexity index is 416. The van der Waals surface area contributed by atoms with Crippen molar-refractivity contribution in [1.29, 1.82) is 0 Å². The third kappa shape index (κ3) is 3.12. The molecule has 0 fully saturated rings. The highest BCUT2D eigenvalue weighted by Crippen LogP contribution is 2.29. The van der Waals surface area contributed by atoms with Crippen LogP contribution in [0.2, 0.25) is 0 Å². The van der Waals surface area contributed by atoms with Crippen LogP contribution in [0.25, 0.3) is 6.08 Å². The lowest BCUT2D eigenvalue weighted by atomic mass is 10.1. The van der Waals surface area contributed by atoms with E-state index in [0.717, 1.165) is 12.1 Å². The SMILES string of the molecule is C/C(=C\c1ccc(C(F)(F)F)cc1)C(=O)O. The van der Waals surface area contributed by atoms with Crippen molar-refractivity contribution in [3.8, 4) is 0 Å². The molecule has 0 saturated heterocycles. The van der Waals surface area contributed by atoms with Crippen molar-refractivity contribution in [3.05, 3.63) is 41.0 Å². The number of hydrogen-bond donors (Lipinski definition) is 1. The molecule has 0 aliphatic carbocycles. The van der Waals surface area contributed by atoms with Crippen LogP contribution in [0.3, 0.4) is 0 Å². The third-order valence-electron chi connectivity index (χ3n) is 1.96. The Hall–Kier alpha value is -1.78. The average Bonchev–Trinajstić information content (AvgIpc) is 2.17. The molecule has 0 aliphatic heterocycles. The molecule has 1 N–H and O–H groups in total. The number of hydrogen-bond acceptors (Lipinski definition) is 1. The van der Waals surface area contributed by atoms with Crippen molar-refractivity contribution >= 4 is 12.0 Å². The number of halogens is 3. The number of benzene rings is 1. The monoisotopic (exact) mass is 230 g/mol. The summed E-state index contributed by atoms with van der Waals surface area (Å²) in [5.41, 5.74) is -0.259. The van der Waals surface area contributed by atoms with E-state index in [2.05, 4.69) is 0 Å². The summed E-state index contributed by atoms with van der Waals surface area (Å²) in [7, 11) is 0. The zero-order valence-electron chi connectivity index (χ0n) is 8.38. The number of rotatable bonds is 2. The van der Waals surface area contributed by atoms with E-state index in [9.17, 15) is 18.0 Å². The van der Waals surface area contributed by atoms with Gasteiger partial charge in [-0.1, -0.05) is 12.1 Å². The first-order valence-corrected chi connectivity index (χ1v) is 4.39. The molecule has 0 bridgehead atoms. The molecule has 1 rings (SSSR count). The van der Waals surface area contributed by atoms with Gasteiger partial charge in [0.15, 0.2) is 0 Å². The molecule has 1 aromatic rings. The number of carbonyl (C=O) groups is 1. The van der Waals surface area contributed by atoms with Crippen LogP contribution in [0.4, 0.5) is 13.2 Å². The number of carboxylic acid groups (broad SMARTS) is 1. The highest BCUT2D eigenvalue weighted by atomic mass is 19.4. The highest BCUT2D eigenvalue weighted by molar-refractivity contribution is 5.91. The predicted octanol–water partition coefficient (Wildman–Crippen LogP) is 3.19. The van der Waals surface area contributed by atoms with Gasteiger partial charge in [-0.25, -0.2) is 4.79 Å². The van der Waals surface area contributed by atoms with Crippen molar-refractivity contribution in [2.75, 3.05) is 0 Å². The van der Waals surface area contributed by atoms with Crippen molar-refractivity contribution < 1.29 is 23.1 Å². The van der Waals surface area contributed by atoms with E-state index in [1.165, 1.54) is 25.1 Å². The molecule has 86 valence electrons. The van der Waals surface area contributed by atoms with Crippen molar-refractivity contribution in [3.63, 3.8) is 0 Å². The molecule has 2 nitrogen and oxygen atoms in total. The molecule has 0 amide bonds. The third-order valence-corrected chi connectivity index (χ3v) is 1.96. The highest BCUT2D eigenvalue weighted by Gasteiger charge is 2.29. The summed E-state index contributed by atoms with van der Waals surface area (Å²) in [4.78, 5) is 10.5. The maximum absolute atomic E-state index is 12.2. The topological polar surface area (TPSA) is 37.3 Å². The van der Waals surface area contributed by atoms with E-state index in [4.69, 9.17) is 5.11 Å². The molecule has 0 heterocycles. The van der Waals surface area contributed by atoms with Crippen LogP contribution in [-0.4, -0.2) is 11.1 Å². The summed E-state index contributed by atoms with van der Waals surface area (Å²) >= 11 is 0. The molecular weight excluding hydrogens is 221 g/mol. The van der Waals surface area contributed by atoms with Crippen molar-refractivity contribution in [1.82, 2.24) is 0 Å². The summed E-state index contributed by atoms with van der Waals surface area (Å²) in [6.45, 7) is 1.38. The maximum Gasteiger partial charge on any atom is 0.416 e. The Kier molecular flexibility index (Phi) is 3.37. The lowest BCUT2D eigenvalue weighted by Gasteiger charge is -2.06. The fourth-order valence-corrected chi connectivity index (χ4v) is 1.08. The minimum atomic E-state index is -4.37. The molecule has 16 heavy (non-hydrogen) atoms. The number of alkyl halides is 3. The van der Waals surface area contributed by atoms with E-state index in [0.29, 0.717) is 5.56 Å². The summed E-state index contributed by atoms with van der Waals surface area (Å²) in [6.07, 6.45) is -3.06. The molecular formula is C11H9F3O2. The molecule has 0 spiro atoms. The summed E-state index contributed by atoms with van der Waals surface area (Å²) in [5, 5.41) is 8.58. The zero-order valence-corrected chi connectivity index (χ0v) is 8.38. The fraction of sp³-hybridized carbons (Fsp3) is 0.182. The fourth-order valence-electron chi connectivity index (χ4n) is 1.08. The maximum atomic E-state index is 12.2. The van der Waals surface area contributed by atoms with Gasteiger partial charge < -0.3 is 5.11 Å². The summed E-state index contributed by atoms with van der Waals surface area (Å²) < 4.78 is 36.6. The van der Waals surface area contributed by atoms with E-state index < -0.39 is 17.7 Å². The van der Waals surface area contributed by atoms with Gasteiger partial charge in [-0.15, -0.1) is 0 Å². The van der Waals surface area contributed by atoms with Crippen LogP contribution in [-0.2, 0) is 11.0 Å². The normalized spacial score (nSPS) is 12.6. The van der Waals surface area contributed by atoms with E-state index >= 15 is 0 Å². The smallest absolute Gasteiger partial charge is 0.416 e. The number of aliphatic carboxylic acids is 1. The second kappa shape index (κ2) is 4.38. The van der Waals surface area contributed by atoms with Gasteiger partial charge in [-0.3, -0.25) is 0 Å². The van der Waals surface area contributed by atoms with Gasteiger partial charge in [0.05, 0.1) is 5.56 Å². The Morgan fingerprint density at radius 2 is 1.75 bits per heavy atom. The number of carboxylic acids is 1. The molecule has 0 aromatic heterocycles. The first-order chi connectivity index (χ1) is 7.30. The zero-order chi connectivity index (χ0) is 12.3. The van der Waals surface area contributed by atoms with Gasteiger partial charge in [-0.2, -0.15) is 13.2 Å². The van der Waals surface area contributed by atoms with Gasteiger partial charge in [0.1, 0.15) is 0 Å². The quantitative estimate of drug-likeness (QED) is 0.792. The van der Waals surface area contributed by atoms with Crippen LogP contribution >= 0.6 is 0 Å². The van der Waals surface area contributed by atoms with Crippen LogP contribution in [0, 0.1) is 0 Å². The van der Waals surface area contributed by atoms with Crippen molar-refractivity contribution in [2.45, 2.75) is 13.1 Å². The molecule has 0 atom stereocenters. The molecule has 1 aromatic carbocycles. The Balaban J connectivity index is 2.97. The molecule has 0 unspecified atom stereocenters. The van der Waals surface area contributed by atoms with Crippen LogP contribution in [0.15, 0.2) is 29.8 Å². The Morgan fingerprint density at radius 3 is 2.12 bits per heavy atom. The van der Waals surface area contributed by atoms with Crippen LogP contribution < -0.4 is 0 Å². The largest absolute Gasteiger partial charge is 0.478 e. The molecule has 0 aliphatic rings. The van der Waals surface area contributed by atoms with Crippen molar-refractivity contribution in [2.24, 2.45) is 0 Å². The van der Waals surface area contributed by atoms with Gasteiger partial charge >= 0.3 is 12.1 Å². The summed E-state index contributed by atoms with van der Waals surface area (Å²) in [6, 6.07) is 4.30. The van der Waals surface area contributed by atoms with Gasteiger partial charge in [0.25, 0.3) is 0 Å². The van der Waals surface area contributed by atoms with E-state index in [1.54, 1.807) is 0 Å². The Morgan fingerprint density at radius 1 is 1.25 bits per heavy atom. The van der Waals surface area contributed by atoms with E-state index in [1.807, 2.05) is 0 Å². The first kappa shape index (κ1) is 12.3. The van der Waals surface area contributed by atoms with Crippen LogP contribution in [0.5, 0.6) is 0 Å². The molecule has 0 radical (unpaired) electrons. The average molecular weight is 230 g/mol. The van der Waals surface area contributed by atoms with Gasteiger partial charge in [0, 0.05) is 5.57 Å². The predicted molar refractivity (Wildman–Crippen MR) is 52.7 cm³/mol. The lowest BCUT2D eigenvalue weighted by Crippen LogP contribution is -2.04. The second-order valence-corrected chi connectivity index (χ2v) is 3.25. The Labute approximate surface area is 90.0 Å².